The standard InChI is InChI=1S/C5H11F.C3H6O2/c1-2-3-4-5-6;1-2-5-3-4-1/h2-5H2,1H3;1-3H2. The van der Waals surface area contributed by atoms with Crippen molar-refractivity contribution in [1.82, 2.24) is 0 Å². The van der Waals surface area contributed by atoms with Crippen LogP contribution in [0.25, 0.3) is 0 Å². The molecule has 0 aromatic rings. The van der Waals surface area contributed by atoms with Crippen molar-refractivity contribution < 1.29 is 13.9 Å². The van der Waals surface area contributed by atoms with Crippen LogP contribution in [0.4, 0.5) is 4.39 Å². The van der Waals surface area contributed by atoms with E-state index in [0.717, 1.165) is 32.5 Å². The first-order chi connectivity index (χ1) is 5.41. The largest absolute Gasteiger partial charge is 0.353 e. The Kier molecular flexibility index (Phi) is 9.72. The van der Waals surface area contributed by atoms with Gasteiger partial charge in [-0.25, -0.2) is 0 Å². The zero-order chi connectivity index (χ0) is 8.36. The van der Waals surface area contributed by atoms with Crippen LogP contribution in [0.2, 0.25) is 0 Å². The Labute approximate surface area is 67.7 Å². The van der Waals surface area contributed by atoms with Gasteiger partial charge >= 0.3 is 0 Å². The van der Waals surface area contributed by atoms with Gasteiger partial charge in [0, 0.05) is 0 Å². The first kappa shape index (κ1) is 10.8. The maximum Gasteiger partial charge on any atom is 0.146 e. The molecule has 0 N–H and O–H groups in total. The molecular formula is C8H17FO2. The molecule has 0 bridgehead atoms. The van der Waals surface area contributed by atoms with E-state index in [9.17, 15) is 4.39 Å². The highest BCUT2D eigenvalue weighted by Gasteiger charge is 1.93. The van der Waals surface area contributed by atoms with Gasteiger partial charge in [-0.1, -0.05) is 19.8 Å². The summed E-state index contributed by atoms with van der Waals surface area (Å²) in [7, 11) is 0. The minimum Gasteiger partial charge on any atom is -0.353 e. The molecule has 2 nitrogen and oxygen atoms in total. The van der Waals surface area contributed by atoms with E-state index in [1.165, 1.54) is 0 Å². The minimum atomic E-state index is -0.145. The number of hydrogen-bond donors (Lipinski definition) is 0. The fraction of sp³-hybridized carbons (Fsp3) is 1.00. The summed E-state index contributed by atoms with van der Waals surface area (Å²) in [5.41, 5.74) is 0. The van der Waals surface area contributed by atoms with Gasteiger partial charge in [0.15, 0.2) is 0 Å². The summed E-state index contributed by atoms with van der Waals surface area (Å²) in [5, 5.41) is 0. The Morgan fingerprint density at radius 1 is 1.18 bits per heavy atom. The van der Waals surface area contributed by atoms with Gasteiger partial charge in [-0.15, -0.1) is 0 Å². The molecule has 0 unspecified atom stereocenters. The molecule has 0 atom stereocenters. The van der Waals surface area contributed by atoms with Gasteiger partial charge < -0.3 is 9.47 Å². The van der Waals surface area contributed by atoms with E-state index in [1.54, 1.807) is 0 Å². The highest BCUT2D eigenvalue weighted by molar-refractivity contribution is 4.31. The van der Waals surface area contributed by atoms with E-state index in [0.29, 0.717) is 6.79 Å². The fourth-order valence-corrected chi connectivity index (χ4v) is 0.639. The molecule has 0 amide bonds. The zero-order valence-electron chi connectivity index (χ0n) is 7.14. The lowest BCUT2D eigenvalue weighted by atomic mass is 10.3. The average Bonchev–Trinajstić information content (AvgIpc) is 2.57. The summed E-state index contributed by atoms with van der Waals surface area (Å²) in [6, 6.07) is 0. The van der Waals surface area contributed by atoms with Crippen molar-refractivity contribution in [2.45, 2.75) is 26.2 Å². The van der Waals surface area contributed by atoms with Gasteiger partial charge in [-0.3, -0.25) is 4.39 Å². The summed E-state index contributed by atoms with van der Waals surface area (Å²) in [6.45, 7) is 3.98. The predicted octanol–water partition coefficient (Wildman–Crippen LogP) is 2.14. The van der Waals surface area contributed by atoms with Gasteiger partial charge in [-0.2, -0.15) is 0 Å². The quantitative estimate of drug-likeness (QED) is 0.595. The van der Waals surface area contributed by atoms with Crippen molar-refractivity contribution in [3.63, 3.8) is 0 Å². The molecule has 1 rings (SSSR count). The molecular weight excluding hydrogens is 147 g/mol. The first-order valence-electron chi connectivity index (χ1n) is 4.13. The molecule has 1 fully saturated rings. The van der Waals surface area contributed by atoms with E-state index in [2.05, 4.69) is 6.92 Å². The highest BCUT2D eigenvalue weighted by Crippen LogP contribution is 1.91. The van der Waals surface area contributed by atoms with Crippen LogP contribution in [0.3, 0.4) is 0 Å². The SMILES string of the molecule is C1COCO1.CCCCCF. The topological polar surface area (TPSA) is 18.5 Å². The number of unbranched alkanes of at least 4 members (excludes halogenated alkanes) is 2. The molecule has 0 spiro atoms. The Hall–Kier alpha value is -0.150. The number of alkyl halides is 1. The van der Waals surface area contributed by atoms with Crippen LogP contribution in [0.15, 0.2) is 0 Å². The van der Waals surface area contributed by atoms with Crippen LogP contribution in [0.1, 0.15) is 26.2 Å². The average molecular weight is 164 g/mol. The summed E-state index contributed by atoms with van der Waals surface area (Å²) in [4.78, 5) is 0. The number of hydrogen-bond acceptors (Lipinski definition) is 2. The molecule has 0 radical (unpaired) electrons. The summed E-state index contributed by atoms with van der Waals surface area (Å²) in [5.74, 6) is 0. The van der Waals surface area contributed by atoms with E-state index in [4.69, 9.17) is 9.47 Å². The van der Waals surface area contributed by atoms with Crippen molar-refractivity contribution in [3.8, 4) is 0 Å². The second kappa shape index (κ2) is 9.85. The normalized spacial score (nSPS) is 15.8. The minimum absolute atomic E-state index is 0.145. The van der Waals surface area contributed by atoms with E-state index >= 15 is 0 Å². The molecule has 1 saturated heterocycles. The van der Waals surface area contributed by atoms with Crippen LogP contribution in [0.5, 0.6) is 0 Å². The molecule has 11 heavy (non-hydrogen) atoms. The Balaban J connectivity index is 0.000000183. The van der Waals surface area contributed by atoms with Gasteiger partial charge in [0.05, 0.1) is 19.9 Å². The van der Waals surface area contributed by atoms with Crippen molar-refractivity contribution >= 4 is 0 Å². The maximum atomic E-state index is 11.2. The third-order valence-corrected chi connectivity index (χ3v) is 1.28. The lowest BCUT2D eigenvalue weighted by molar-refractivity contribution is 0.0692. The molecule has 0 aromatic heterocycles. The molecule has 1 heterocycles. The highest BCUT2D eigenvalue weighted by atomic mass is 19.1. The molecule has 1 aliphatic rings. The van der Waals surface area contributed by atoms with Crippen molar-refractivity contribution in [3.05, 3.63) is 0 Å². The van der Waals surface area contributed by atoms with Gasteiger partial charge in [0.2, 0.25) is 0 Å². The van der Waals surface area contributed by atoms with Gasteiger partial charge in [0.25, 0.3) is 0 Å². The second-order valence-corrected chi connectivity index (χ2v) is 2.33. The molecule has 0 saturated carbocycles. The number of halogens is 1. The first-order valence-corrected chi connectivity index (χ1v) is 4.13. The van der Waals surface area contributed by atoms with E-state index in [1.807, 2.05) is 0 Å². The molecule has 0 aliphatic carbocycles. The predicted molar refractivity (Wildman–Crippen MR) is 42.3 cm³/mol. The zero-order valence-corrected chi connectivity index (χ0v) is 7.14. The smallest absolute Gasteiger partial charge is 0.146 e. The van der Waals surface area contributed by atoms with Crippen LogP contribution in [0, 0.1) is 0 Å². The molecule has 1 aliphatic heterocycles. The summed E-state index contributed by atoms with van der Waals surface area (Å²) in [6.07, 6.45) is 2.90. The number of ether oxygens (including phenoxy) is 2. The lowest BCUT2D eigenvalue weighted by Crippen LogP contribution is -1.79. The second-order valence-electron chi connectivity index (χ2n) is 2.33. The van der Waals surface area contributed by atoms with E-state index in [-0.39, 0.29) is 6.67 Å². The van der Waals surface area contributed by atoms with Crippen LogP contribution >= 0.6 is 0 Å². The Morgan fingerprint density at radius 3 is 2.00 bits per heavy atom. The maximum absolute atomic E-state index is 11.2. The van der Waals surface area contributed by atoms with Gasteiger partial charge in [0.1, 0.15) is 6.79 Å². The third-order valence-electron chi connectivity index (χ3n) is 1.28. The monoisotopic (exact) mass is 164 g/mol. The number of rotatable bonds is 3. The molecule has 3 heteroatoms. The Morgan fingerprint density at radius 2 is 1.82 bits per heavy atom. The van der Waals surface area contributed by atoms with Crippen LogP contribution in [-0.4, -0.2) is 26.7 Å². The van der Waals surface area contributed by atoms with Crippen LogP contribution < -0.4 is 0 Å². The summed E-state index contributed by atoms with van der Waals surface area (Å²) < 4.78 is 20.6. The van der Waals surface area contributed by atoms with Gasteiger partial charge in [-0.05, 0) is 6.42 Å². The Bertz CT molecular complexity index is 53.5. The van der Waals surface area contributed by atoms with Crippen molar-refractivity contribution in [1.29, 1.82) is 0 Å². The lowest BCUT2D eigenvalue weighted by Gasteiger charge is -1.84. The van der Waals surface area contributed by atoms with E-state index < -0.39 is 0 Å². The third kappa shape index (κ3) is 9.85. The summed E-state index contributed by atoms with van der Waals surface area (Å²) >= 11 is 0. The molecule has 0 aromatic carbocycles. The van der Waals surface area contributed by atoms with Crippen molar-refractivity contribution in [2.24, 2.45) is 0 Å². The van der Waals surface area contributed by atoms with Crippen LogP contribution in [-0.2, 0) is 9.47 Å². The fourth-order valence-electron chi connectivity index (χ4n) is 0.639. The van der Waals surface area contributed by atoms with Crippen molar-refractivity contribution in [2.75, 3.05) is 26.7 Å². The molecule has 68 valence electrons.